The highest BCUT2D eigenvalue weighted by Gasteiger charge is 2.34. The number of rotatable bonds is 6. The predicted octanol–water partition coefficient (Wildman–Crippen LogP) is 14.3. The first-order valence-electron chi connectivity index (χ1n) is 22.1. The number of halogens is 10. The molecular weight excluding hydrogens is 963 g/mol. The molecule has 7 aromatic carbocycles. The van der Waals surface area contributed by atoms with Crippen molar-refractivity contribution < 1.29 is 43.9 Å². The van der Waals surface area contributed by atoms with Crippen LogP contribution in [-0.2, 0) is 0 Å². The molecule has 13 aromatic rings. The van der Waals surface area contributed by atoms with E-state index in [1.54, 1.807) is 24.5 Å². The fraction of sp³-hybridized carbons (Fsp3) is 0. The molecule has 0 radical (unpaired) electrons. The number of fused-ring (bicyclic) bond motifs is 9. The topological polar surface area (TPSA) is 79.2 Å². The molecule has 73 heavy (non-hydrogen) atoms. The van der Waals surface area contributed by atoms with E-state index in [9.17, 15) is 8.78 Å². The third-order valence-electron chi connectivity index (χ3n) is 13.0. The normalized spacial score (nSPS) is 12.0. The summed E-state index contributed by atoms with van der Waals surface area (Å²) < 4.78 is 159. The third kappa shape index (κ3) is 6.19. The first kappa shape index (κ1) is 43.6. The van der Waals surface area contributed by atoms with E-state index in [1.165, 1.54) is 12.1 Å². The van der Waals surface area contributed by atoms with Gasteiger partial charge in [-0.3, -0.25) is 9.97 Å². The minimum atomic E-state index is -2.55. The lowest BCUT2D eigenvalue weighted by molar-refractivity contribution is 0.380. The zero-order valence-electron chi connectivity index (χ0n) is 36.7. The van der Waals surface area contributed by atoms with E-state index >= 15 is 35.1 Å². The molecule has 13 rings (SSSR count). The molecule has 0 atom stereocenters. The van der Waals surface area contributed by atoms with Crippen molar-refractivity contribution in [2.24, 2.45) is 0 Å². The van der Waals surface area contributed by atoms with Gasteiger partial charge in [-0.2, -0.15) is 0 Å². The van der Waals surface area contributed by atoms with E-state index in [0.717, 1.165) is 21.5 Å². The number of pyridine rings is 2. The Kier molecular flexibility index (Phi) is 9.57. The summed E-state index contributed by atoms with van der Waals surface area (Å²) in [5.41, 5.74) is 2.12. The van der Waals surface area contributed by atoms with E-state index in [4.69, 9.17) is 9.97 Å². The summed E-state index contributed by atoms with van der Waals surface area (Å²) in [6.07, 6.45) is 3.24. The van der Waals surface area contributed by atoms with Crippen LogP contribution in [0.15, 0.2) is 146 Å². The summed E-state index contributed by atoms with van der Waals surface area (Å²) in [5.74, 6) is -28.2. The monoisotopic (exact) mass is 986 g/mol. The molecule has 354 valence electrons. The summed E-state index contributed by atoms with van der Waals surface area (Å²) in [6.45, 7) is 0. The van der Waals surface area contributed by atoms with Crippen molar-refractivity contribution in [3.05, 3.63) is 204 Å². The highest BCUT2D eigenvalue weighted by Crippen LogP contribution is 2.45. The Bertz CT molecular complexity index is 4100. The molecule has 0 fully saturated rings. The molecule has 8 nitrogen and oxygen atoms in total. The standard InChI is InChI=1S/C55H24F10N8/c56-40-38(41(57)45(61)48(64)44(40)60)54-68-53(69-55(70-54)39-42(58)46(62)49(65)47(63)43(39)59)25-23-36(71-30-15-5-1-11-26(30)27-12-2-6-16-31(27)71)52(73-34-19-9-21-66-50(34)51-35(73)20-10-22-67-51)37(24-25)72-32-17-7-3-13-28(32)29-14-4-8-18-33(29)72/h1-24H. The van der Waals surface area contributed by atoms with Gasteiger partial charge in [0.2, 0.25) is 11.6 Å². The molecule has 0 N–H and O–H groups in total. The lowest BCUT2D eigenvalue weighted by Crippen LogP contribution is -2.12. The Morgan fingerprint density at radius 3 is 0.959 bits per heavy atom. The van der Waals surface area contributed by atoms with Gasteiger partial charge in [0.25, 0.3) is 0 Å². The van der Waals surface area contributed by atoms with Gasteiger partial charge in [-0.25, -0.2) is 58.9 Å². The van der Waals surface area contributed by atoms with E-state index in [0.29, 0.717) is 61.2 Å². The van der Waals surface area contributed by atoms with Crippen molar-refractivity contribution in [3.63, 3.8) is 0 Å². The smallest absolute Gasteiger partial charge is 0.200 e. The van der Waals surface area contributed by atoms with Gasteiger partial charge in [0.05, 0.1) is 61.3 Å². The Labute approximate surface area is 402 Å². The summed E-state index contributed by atoms with van der Waals surface area (Å²) in [5, 5.41) is 3.17. The number of hydrogen-bond acceptors (Lipinski definition) is 5. The lowest BCUT2D eigenvalue weighted by atomic mass is 10.1. The quantitative estimate of drug-likeness (QED) is 0.0942. The molecular formula is C55H24F10N8. The SMILES string of the molecule is Fc1c(F)c(F)c(-c2nc(-c3cc(-n4c5ccccc5c5ccccc54)c(-n4c5cccnc5c5ncccc54)c(-n4c5ccccc5c5ccccc54)c3)nc(-c3c(F)c(F)c(F)c(F)c3F)n2)c(F)c1F. The van der Waals surface area contributed by atoms with Crippen LogP contribution in [0, 0.1) is 58.2 Å². The minimum Gasteiger partial charge on any atom is -0.307 e. The van der Waals surface area contributed by atoms with Gasteiger partial charge in [0.1, 0.15) is 11.0 Å². The molecule has 6 heterocycles. The van der Waals surface area contributed by atoms with E-state index in [2.05, 4.69) is 15.0 Å². The van der Waals surface area contributed by atoms with Crippen LogP contribution >= 0.6 is 0 Å². The van der Waals surface area contributed by atoms with Crippen molar-refractivity contribution >= 4 is 65.7 Å². The summed E-state index contributed by atoms with van der Waals surface area (Å²) in [4.78, 5) is 21.6. The Morgan fingerprint density at radius 1 is 0.301 bits per heavy atom. The highest BCUT2D eigenvalue weighted by atomic mass is 19.2. The van der Waals surface area contributed by atoms with E-state index < -0.39 is 86.8 Å². The molecule has 18 heteroatoms. The second-order valence-corrected chi connectivity index (χ2v) is 16.9. The number of nitrogens with zero attached hydrogens (tertiary/aromatic N) is 8. The maximum atomic E-state index is 15.9. The summed E-state index contributed by atoms with van der Waals surface area (Å²) in [7, 11) is 0. The van der Waals surface area contributed by atoms with Gasteiger partial charge in [0, 0.05) is 39.5 Å². The predicted molar refractivity (Wildman–Crippen MR) is 254 cm³/mol. The van der Waals surface area contributed by atoms with Gasteiger partial charge < -0.3 is 13.7 Å². The molecule has 0 aliphatic rings. The molecule has 6 aromatic heterocycles. The Balaban J connectivity index is 1.27. The largest absolute Gasteiger partial charge is 0.307 e. The number of hydrogen-bond donors (Lipinski definition) is 0. The Hall–Kier alpha value is -9.45. The molecule has 0 saturated heterocycles. The number of benzene rings is 7. The van der Waals surface area contributed by atoms with E-state index in [-0.39, 0.29) is 5.56 Å². The van der Waals surface area contributed by atoms with Crippen molar-refractivity contribution in [2.75, 3.05) is 0 Å². The Morgan fingerprint density at radius 2 is 0.603 bits per heavy atom. The van der Waals surface area contributed by atoms with Crippen LogP contribution in [0.5, 0.6) is 0 Å². The van der Waals surface area contributed by atoms with E-state index in [1.807, 2.05) is 123 Å². The average molecular weight is 987 g/mol. The van der Waals surface area contributed by atoms with Crippen LogP contribution in [0.2, 0.25) is 0 Å². The second kappa shape index (κ2) is 16.0. The molecule has 0 amide bonds. The maximum Gasteiger partial charge on any atom is 0.200 e. The maximum absolute atomic E-state index is 15.9. The van der Waals surface area contributed by atoms with Gasteiger partial charge in [0.15, 0.2) is 64.0 Å². The van der Waals surface area contributed by atoms with Crippen LogP contribution in [0.4, 0.5) is 43.9 Å². The number of para-hydroxylation sites is 4. The summed E-state index contributed by atoms with van der Waals surface area (Å²) >= 11 is 0. The molecule has 0 spiro atoms. The first-order valence-corrected chi connectivity index (χ1v) is 22.1. The van der Waals surface area contributed by atoms with Crippen LogP contribution in [0.1, 0.15) is 0 Å². The van der Waals surface area contributed by atoms with Crippen molar-refractivity contribution in [2.45, 2.75) is 0 Å². The van der Waals surface area contributed by atoms with Gasteiger partial charge in [-0.05, 0) is 60.7 Å². The third-order valence-corrected chi connectivity index (χ3v) is 13.0. The summed E-state index contributed by atoms with van der Waals surface area (Å²) in [6, 6.07) is 40.1. The first-order chi connectivity index (χ1) is 35.4. The van der Waals surface area contributed by atoms with Crippen molar-refractivity contribution in [3.8, 4) is 51.2 Å². The molecule has 0 bridgehead atoms. The van der Waals surface area contributed by atoms with Gasteiger partial charge in [-0.15, -0.1) is 0 Å². The molecule has 0 aliphatic heterocycles. The van der Waals surface area contributed by atoms with Gasteiger partial charge in [-0.1, -0.05) is 72.8 Å². The van der Waals surface area contributed by atoms with Crippen LogP contribution < -0.4 is 0 Å². The molecule has 0 aliphatic carbocycles. The highest BCUT2D eigenvalue weighted by molar-refractivity contribution is 6.12. The van der Waals surface area contributed by atoms with Crippen LogP contribution in [0.3, 0.4) is 0 Å². The fourth-order valence-corrected chi connectivity index (χ4v) is 9.89. The van der Waals surface area contributed by atoms with Crippen molar-refractivity contribution in [1.82, 2.24) is 38.6 Å². The zero-order valence-corrected chi connectivity index (χ0v) is 36.7. The van der Waals surface area contributed by atoms with Crippen LogP contribution in [-0.4, -0.2) is 38.6 Å². The molecule has 0 unspecified atom stereocenters. The minimum absolute atomic E-state index is 0.160. The van der Waals surface area contributed by atoms with Gasteiger partial charge >= 0.3 is 0 Å². The number of aromatic nitrogens is 8. The average Bonchev–Trinajstić information content (AvgIpc) is 4.06. The zero-order chi connectivity index (χ0) is 50.1. The fourth-order valence-electron chi connectivity index (χ4n) is 9.89. The second-order valence-electron chi connectivity index (χ2n) is 16.9. The molecule has 0 saturated carbocycles. The van der Waals surface area contributed by atoms with Crippen molar-refractivity contribution in [1.29, 1.82) is 0 Å². The lowest BCUT2D eigenvalue weighted by Gasteiger charge is -2.23. The van der Waals surface area contributed by atoms with Crippen LogP contribution in [0.25, 0.3) is 117 Å².